The van der Waals surface area contributed by atoms with Crippen molar-refractivity contribution in [2.45, 2.75) is 51.0 Å². The van der Waals surface area contributed by atoms with Crippen molar-refractivity contribution < 1.29 is 4.79 Å². The average molecular weight is 361 g/mol. The van der Waals surface area contributed by atoms with Gasteiger partial charge < -0.3 is 5.32 Å². The molecule has 1 aliphatic carbocycles. The van der Waals surface area contributed by atoms with Crippen LogP contribution in [0.25, 0.3) is 5.69 Å². The molecule has 1 N–H and O–H groups in total. The Morgan fingerprint density at radius 3 is 2.81 bits per heavy atom. The Labute approximate surface area is 158 Å². The van der Waals surface area contributed by atoms with E-state index in [1.165, 1.54) is 18.4 Å². The third-order valence-corrected chi connectivity index (χ3v) is 5.79. The number of nitrogens with zero attached hydrogens (tertiary/aromatic N) is 4. The molecule has 6 nitrogen and oxygen atoms in total. The molecular formula is C21H23N5O. The van der Waals surface area contributed by atoms with Gasteiger partial charge in [0.05, 0.1) is 24.1 Å². The van der Waals surface area contributed by atoms with Crippen LogP contribution in [0.5, 0.6) is 0 Å². The highest BCUT2D eigenvalue weighted by Gasteiger charge is 2.33. The number of rotatable bonds is 3. The normalized spacial score (nSPS) is 19.9. The summed E-state index contributed by atoms with van der Waals surface area (Å²) in [5, 5.41) is 12.2. The van der Waals surface area contributed by atoms with Crippen LogP contribution in [-0.2, 0) is 4.79 Å². The zero-order valence-electron chi connectivity index (χ0n) is 15.4. The Balaban J connectivity index is 1.51. The molecule has 1 fully saturated rings. The summed E-state index contributed by atoms with van der Waals surface area (Å²) in [6, 6.07) is 8.66. The lowest BCUT2D eigenvalue weighted by Gasteiger charge is -2.24. The highest BCUT2D eigenvalue weighted by atomic mass is 16.1. The summed E-state index contributed by atoms with van der Waals surface area (Å²) < 4.78 is 3.92. The maximum absolute atomic E-state index is 12.4. The molecule has 1 aromatic carbocycles. The van der Waals surface area contributed by atoms with Crippen molar-refractivity contribution in [2.75, 3.05) is 5.32 Å². The zero-order valence-corrected chi connectivity index (χ0v) is 15.4. The van der Waals surface area contributed by atoms with Gasteiger partial charge in [-0.1, -0.05) is 25.0 Å². The molecule has 1 amide bonds. The third kappa shape index (κ3) is 2.85. The summed E-state index contributed by atoms with van der Waals surface area (Å²) >= 11 is 0. The van der Waals surface area contributed by atoms with Crippen LogP contribution >= 0.6 is 0 Å². The molecule has 0 radical (unpaired) electrons. The maximum Gasteiger partial charge on any atom is 0.226 e. The van der Waals surface area contributed by atoms with Gasteiger partial charge in [-0.05, 0) is 43.0 Å². The molecule has 1 atom stereocenters. The molecular weight excluding hydrogens is 338 g/mol. The minimum absolute atomic E-state index is 0.00228. The summed E-state index contributed by atoms with van der Waals surface area (Å²) in [7, 11) is 0. The predicted octanol–water partition coefficient (Wildman–Crippen LogP) is 3.97. The quantitative estimate of drug-likeness (QED) is 0.768. The Kier molecular flexibility index (Phi) is 3.85. The number of hydrogen-bond donors (Lipinski definition) is 1. The van der Waals surface area contributed by atoms with Crippen molar-refractivity contribution in [2.24, 2.45) is 0 Å². The van der Waals surface area contributed by atoms with Crippen LogP contribution in [0, 0.1) is 6.92 Å². The number of amides is 1. The number of anilines is 1. The minimum atomic E-state index is 0.00228. The SMILES string of the molecule is Cc1cccc(-n2cc([C@H]3CC(=O)Nc4c3cnn4C3CCCC3)cn2)c1. The second-order valence-electron chi connectivity index (χ2n) is 7.69. The van der Waals surface area contributed by atoms with E-state index in [9.17, 15) is 4.79 Å². The second-order valence-corrected chi connectivity index (χ2v) is 7.69. The first-order valence-electron chi connectivity index (χ1n) is 9.68. The molecule has 27 heavy (non-hydrogen) atoms. The number of aromatic nitrogens is 4. The summed E-state index contributed by atoms with van der Waals surface area (Å²) in [5.41, 5.74) is 4.38. The number of hydrogen-bond acceptors (Lipinski definition) is 3. The Morgan fingerprint density at radius 2 is 2.00 bits per heavy atom. The molecule has 1 aliphatic heterocycles. The molecule has 0 unspecified atom stereocenters. The fourth-order valence-electron chi connectivity index (χ4n) is 4.39. The monoisotopic (exact) mass is 361 g/mol. The van der Waals surface area contributed by atoms with Crippen molar-refractivity contribution >= 4 is 11.7 Å². The smallest absolute Gasteiger partial charge is 0.226 e. The van der Waals surface area contributed by atoms with E-state index < -0.39 is 0 Å². The fourth-order valence-corrected chi connectivity index (χ4v) is 4.39. The summed E-state index contributed by atoms with van der Waals surface area (Å²) in [6.07, 6.45) is 11.0. The van der Waals surface area contributed by atoms with Crippen LogP contribution in [0.15, 0.2) is 42.9 Å². The van der Waals surface area contributed by atoms with E-state index in [1.807, 2.05) is 40.1 Å². The van der Waals surface area contributed by atoms with Gasteiger partial charge in [-0.2, -0.15) is 10.2 Å². The summed E-state index contributed by atoms with van der Waals surface area (Å²) in [4.78, 5) is 12.4. The maximum atomic E-state index is 12.4. The van der Waals surface area contributed by atoms with E-state index in [2.05, 4.69) is 34.6 Å². The fraction of sp³-hybridized carbons (Fsp3) is 0.381. The van der Waals surface area contributed by atoms with Gasteiger partial charge in [-0.3, -0.25) is 4.79 Å². The molecule has 6 heteroatoms. The van der Waals surface area contributed by atoms with Crippen molar-refractivity contribution in [1.29, 1.82) is 0 Å². The topological polar surface area (TPSA) is 64.7 Å². The first-order valence-corrected chi connectivity index (χ1v) is 9.68. The molecule has 0 spiro atoms. The van der Waals surface area contributed by atoms with Gasteiger partial charge in [0.2, 0.25) is 5.91 Å². The number of benzene rings is 1. The van der Waals surface area contributed by atoms with Gasteiger partial charge in [0.1, 0.15) is 5.82 Å². The van der Waals surface area contributed by atoms with E-state index >= 15 is 0 Å². The highest BCUT2D eigenvalue weighted by Crippen LogP contribution is 2.40. The standard InChI is InChI=1S/C21H23N5O/c1-14-5-4-8-17(9-14)25-13-15(11-22-25)18-10-20(27)24-21-19(18)12-23-26(21)16-6-2-3-7-16/h4-5,8-9,11-13,16,18H,2-3,6-7,10H2,1H3,(H,24,27)/t18-/m1/s1. The molecule has 138 valence electrons. The van der Waals surface area contributed by atoms with Crippen LogP contribution < -0.4 is 5.32 Å². The number of carbonyl (C=O) groups is 1. The summed E-state index contributed by atoms with van der Waals surface area (Å²) in [5.74, 6) is 0.935. The van der Waals surface area contributed by atoms with E-state index in [-0.39, 0.29) is 11.8 Å². The van der Waals surface area contributed by atoms with Gasteiger partial charge in [0, 0.05) is 24.1 Å². The largest absolute Gasteiger partial charge is 0.311 e. The van der Waals surface area contributed by atoms with Gasteiger partial charge in [0.25, 0.3) is 0 Å². The van der Waals surface area contributed by atoms with Crippen LogP contribution in [-0.4, -0.2) is 25.5 Å². The van der Waals surface area contributed by atoms with Crippen molar-refractivity contribution in [3.63, 3.8) is 0 Å². The second kappa shape index (κ2) is 6.37. The van der Waals surface area contributed by atoms with Crippen molar-refractivity contribution in [3.8, 4) is 5.69 Å². The molecule has 0 saturated heterocycles. The van der Waals surface area contributed by atoms with Crippen LogP contribution in [0.3, 0.4) is 0 Å². The van der Waals surface area contributed by atoms with Crippen LogP contribution in [0.4, 0.5) is 5.82 Å². The number of carbonyl (C=O) groups excluding carboxylic acids is 1. The van der Waals surface area contributed by atoms with Crippen LogP contribution in [0.1, 0.15) is 60.8 Å². The van der Waals surface area contributed by atoms with Gasteiger partial charge in [-0.15, -0.1) is 0 Å². The third-order valence-electron chi connectivity index (χ3n) is 5.79. The van der Waals surface area contributed by atoms with E-state index in [0.29, 0.717) is 12.5 Å². The summed E-state index contributed by atoms with van der Waals surface area (Å²) in [6.45, 7) is 2.07. The Morgan fingerprint density at radius 1 is 1.15 bits per heavy atom. The minimum Gasteiger partial charge on any atom is -0.311 e. The number of nitrogens with one attached hydrogen (secondary N) is 1. The molecule has 2 aliphatic rings. The van der Waals surface area contributed by atoms with Gasteiger partial charge in [0.15, 0.2) is 0 Å². The first kappa shape index (κ1) is 16.3. The van der Waals surface area contributed by atoms with E-state index in [0.717, 1.165) is 35.5 Å². The molecule has 3 heterocycles. The van der Waals surface area contributed by atoms with Crippen LogP contribution in [0.2, 0.25) is 0 Å². The number of aryl methyl sites for hydroxylation is 1. The molecule has 2 aromatic heterocycles. The van der Waals surface area contributed by atoms with Crippen molar-refractivity contribution in [3.05, 3.63) is 59.5 Å². The number of fused-ring (bicyclic) bond motifs is 1. The molecule has 3 aromatic rings. The highest BCUT2D eigenvalue weighted by molar-refractivity contribution is 5.94. The zero-order chi connectivity index (χ0) is 18.4. The van der Waals surface area contributed by atoms with E-state index in [4.69, 9.17) is 0 Å². The van der Waals surface area contributed by atoms with Gasteiger partial charge in [-0.25, -0.2) is 9.36 Å². The lowest BCUT2D eigenvalue weighted by molar-refractivity contribution is -0.116. The molecule has 1 saturated carbocycles. The average Bonchev–Trinajstić information content (AvgIpc) is 3.40. The predicted molar refractivity (Wildman–Crippen MR) is 103 cm³/mol. The lowest BCUT2D eigenvalue weighted by Crippen LogP contribution is -2.25. The molecule has 0 bridgehead atoms. The molecule has 5 rings (SSSR count). The Hall–Kier alpha value is -2.89. The lowest BCUT2D eigenvalue weighted by atomic mass is 9.89. The van der Waals surface area contributed by atoms with Crippen molar-refractivity contribution in [1.82, 2.24) is 19.6 Å². The first-order chi connectivity index (χ1) is 13.2. The van der Waals surface area contributed by atoms with E-state index in [1.54, 1.807) is 0 Å². The van der Waals surface area contributed by atoms with Gasteiger partial charge >= 0.3 is 0 Å². The Bertz CT molecular complexity index is 996.